The molecule has 4 nitrogen and oxygen atoms in total. The number of fused-ring (bicyclic) bond motifs is 2. The first kappa shape index (κ1) is 16.0. The molecule has 2 aliphatic heterocycles. The van der Waals surface area contributed by atoms with E-state index in [1.165, 1.54) is 25.7 Å². The first-order valence-corrected chi connectivity index (χ1v) is 7.87. The Bertz CT molecular complexity index is 306. The van der Waals surface area contributed by atoms with Crippen LogP contribution in [0.4, 0.5) is 0 Å². The van der Waals surface area contributed by atoms with Crippen LogP contribution < -0.4 is 0 Å². The fourth-order valence-corrected chi connectivity index (χ4v) is 3.18. The van der Waals surface area contributed by atoms with Gasteiger partial charge >= 0.3 is 0 Å². The molecule has 1 saturated heterocycles. The summed E-state index contributed by atoms with van der Waals surface area (Å²) >= 11 is 0. The molecule has 0 saturated carbocycles. The van der Waals surface area contributed by atoms with Crippen molar-refractivity contribution >= 4 is 0 Å². The van der Waals surface area contributed by atoms with E-state index in [2.05, 4.69) is 18.0 Å². The number of nitrogens with zero attached hydrogens (tertiary/aromatic N) is 1. The second-order valence-electron chi connectivity index (χ2n) is 5.81. The average molecular weight is 283 g/mol. The van der Waals surface area contributed by atoms with Crippen molar-refractivity contribution in [1.82, 2.24) is 4.90 Å². The van der Waals surface area contributed by atoms with E-state index in [0.717, 1.165) is 19.1 Å². The van der Waals surface area contributed by atoms with Gasteiger partial charge in [0.25, 0.3) is 0 Å². The van der Waals surface area contributed by atoms with Crippen LogP contribution in [0.25, 0.3) is 0 Å². The van der Waals surface area contributed by atoms with Crippen LogP contribution in [0.3, 0.4) is 0 Å². The van der Waals surface area contributed by atoms with Gasteiger partial charge in [-0.15, -0.1) is 0 Å². The Balaban J connectivity index is 1.56. The van der Waals surface area contributed by atoms with E-state index in [4.69, 9.17) is 14.2 Å². The van der Waals surface area contributed by atoms with Crippen molar-refractivity contribution in [3.63, 3.8) is 0 Å². The molecule has 116 valence electrons. The van der Waals surface area contributed by atoms with Crippen molar-refractivity contribution in [2.45, 2.75) is 44.2 Å². The van der Waals surface area contributed by atoms with E-state index in [1.54, 1.807) is 12.7 Å². The minimum absolute atomic E-state index is 0.653. The fraction of sp³-hybridized carbons (Fsp3) is 0.875. The summed E-state index contributed by atoms with van der Waals surface area (Å²) in [5, 5.41) is 0. The molecule has 4 heteroatoms. The lowest BCUT2D eigenvalue weighted by Crippen LogP contribution is -2.45. The Morgan fingerprint density at radius 2 is 1.85 bits per heavy atom. The number of ether oxygens (including phenoxy) is 3. The second-order valence-corrected chi connectivity index (χ2v) is 5.81. The van der Waals surface area contributed by atoms with Gasteiger partial charge in [0.05, 0.1) is 33.0 Å². The van der Waals surface area contributed by atoms with Crippen molar-refractivity contribution in [3.8, 4) is 0 Å². The third kappa shape index (κ3) is 4.85. The molecule has 2 rings (SSSR count). The summed E-state index contributed by atoms with van der Waals surface area (Å²) in [6.45, 7) is 3.48. The maximum Gasteiger partial charge on any atom is 0.0701 e. The topological polar surface area (TPSA) is 30.9 Å². The lowest BCUT2D eigenvalue weighted by atomic mass is 9.85. The van der Waals surface area contributed by atoms with Crippen molar-refractivity contribution in [2.24, 2.45) is 0 Å². The van der Waals surface area contributed by atoms with Gasteiger partial charge in [0.1, 0.15) is 0 Å². The normalized spacial score (nSPS) is 26.6. The Morgan fingerprint density at radius 3 is 2.60 bits per heavy atom. The van der Waals surface area contributed by atoms with Crippen LogP contribution in [0.2, 0.25) is 0 Å². The van der Waals surface area contributed by atoms with E-state index >= 15 is 0 Å². The Kier molecular flexibility index (Phi) is 7.00. The van der Waals surface area contributed by atoms with Gasteiger partial charge in [0.15, 0.2) is 0 Å². The van der Waals surface area contributed by atoms with Crippen LogP contribution in [0.5, 0.6) is 0 Å². The molecule has 2 atom stereocenters. The summed E-state index contributed by atoms with van der Waals surface area (Å²) < 4.78 is 15.9. The molecule has 2 bridgehead atoms. The molecule has 0 radical (unpaired) electrons. The highest BCUT2D eigenvalue weighted by atomic mass is 16.5. The van der Waals surface area contributed by atoms with Crippen molar-refractivity contribution in [1.29, 1.82) is 0 Å². The molecule has 0 aliphatic carbocycles. The first-order valence-electron chi connectivity index (χ1n) is 7.87. The molecule has 0 aromatic carbocycles. The zero-order chi connectivity index (χ0) is 14.2. The molecule has 0 amide bonds. The molecule has 0 aromatic heterocycles. The SMILES string of the molecule is COCCOCCOCCC1=CC2CCCC(C1)N2C. The van der Waals surface area contributed by atoms with Crippen LogP contribution >= 0.6 is 0 Å². The number of hydrogen-bond donors (Lipinski definition) is 0. The van der Waals surface area contributed by atoms with E-state index in [1.807, 2.05) is 0 Å². The molecular formula is C16H29NO3. The third-order valence-electron chi connectivity index (χ3n) is 4.43. The molecule has 2 heterocycles. The zero-order valence-electron chi connectivity index (χ0n) is 13.0. The zero-order valence-corrected chi connectivity index (χ0v) is 13.0. The van der Waals surface area contributed by atoms with Crippen molar-refractivity contribution in [2.75, 3.05) is 47.2 Å². The van der Waals surface area contributed by atoms with Crippen molar-refractivity contribution < 1.29 is 14.2 Å². The van der Waals surface area contributed by atoms with Gasteiger partial charge in [-0.1, -0.05) is 18.1 Å². The number of methoxy groups -OCH3 is 1. The smallest absolute Gasteiger partial charge is 0.0701 e. The van der Waals surface area contributed by atoms with E-state index < -0.39 is 0 Å². The molecular weight excluding hydrogens is 254 g/mol. The predicted octanol–water partition coefficient (Wildman–Crippen LogP) is 2.24. The number of piperidine rings is 1. The van der Waals surface area contributed by atoms with E-state index in [0.29, 0.717) is 32.5 Å². The van der Waals surface area contributed by atoms with Crippen LogP contribution in [0.15, 0.2) is 11.6 Å². The van der Waals surface area contributed by atoms with Gasteiger partial charge < -0.3 is 14.2 Å². The second kappa shape index (κ2) is 8.78. The molecule has 20 heavy (non-hydrogen) atoms. The lowest BCUT2D eigenvalue weighted by molar-refractivity contribution is 0.0249. The summed E-state index contributed by atoms with van der Waals surface area (Å²) in [6.07, 6.45) is 8.87. The largest absolute Gasteiger partial charge is 0.382 e. The van der Waals surface area contributed by atoms with Gasteiger partial charge in [-0.05, 0) is 32.7 Å². The van der Waals surface area contributed by atoms with Gasteiger partial charge in [0.2, 0.25) is 0 Å². The summed E-state index contributed by atoms with van der Waals surface area (Å²) in [5.74, 6) is 0. The average Bonchev–Trinajstić information content (AvgIpc) is 2.42. The molecule has 0 spiro atoms. The summed E-state index contributed by atoms with van der Waals surface area (Å²) in [4.78, 5) is 2.55. The Labute approximate surface area is 123 Å². The first-order chi connectivity index (χ1) is 9.81. The minimum Gasteiger partial charge on any atom is -0.382 e. The molecule has 2 unspecified atom stereocenters. The van der Waals surface area contributed by atoms with Crippen LogP contribution in [0, 0.1) is 0 Å². The lowest BCUT2D eigenvalue weighted by Gasteiger charge is -2.42. The maximum atomic E-state index is 5.65. The van der Waals surface area contributed by atoms with E-state index in [-0.39, 0.29) is 0 Å². The molecule has 0 N–H and O–H groups in total. The Morgan fingerprint density at radius 1 is 1.10 bits per heavy atom. The molecule has 1 fully saturated rings. The van der Waals surface area contributed by atoms with Gasteiger partial charge in [-0.25, -0.2) is 0 Å². The monoisotopic (exact) mass is 283 g/mol. The highest BCUT2D eigenvalue weighted by Gasteiger charge is 2.30. The maximum absolute atomic E-state index is 5.65. The van der Waals surface area contributed by atoms with Crippen molar-refractivity contribution in [3.05, 3.63) is 11.6 Å². The molecule has 0 aromatic rings. The number of rotatable bonds is 9. The summed E-state index contributed by atoms with van der Waals surface area (Å²) in [7, 11) is 3.96. The minimum atomic E-state index is 0.653. The summed E-state index contributed by atoms with van der Waals surface area (Å²) in [5.41, 5.74) is 1.60. The molecule has 2 aliphatic rings. The number of hydrogen-bond acceptors (Lipinski definition) is 4. The highest BCUT2D eigenvalue weighted by molar-refractivity contribution is 5.15. The highest BCUT2D eigenvalue weighted by Crippen LogP contribution is 2.32. The van der Waals surface area contributed by atoms with Crippen LogP contribution in [-0.4, -0.2) is 64.2 Å². The predicted molar refractivity (Wildman–Crippen MR) is 80.0 cm³/mol. The van der Waals surface area contributed by atoms with Crippen LogP contribution in [-0.2, 0) is 14.2 Å². The van der Waals surface area contributed by atoms with Crippen LogP contribution in [0.1, 0.15) is 32.1 Å². The Hall–Kier alpha value is -0.420. The van der Waals surface area contributed by atoms with Gasteiger partial charge in [-0.3, -0.25) is 4.90 Å². The van der Waals surface area contributed by atoms with E-state index in [9.17, 15) is 0 Å². The summed E-state index contributed by atoms with van der Waals surface area (Å²) in [6, 6.07) is 1.45. The fourth-order valence-electron chi connectivity index (χ4n) is 3.18. The number of likely N-dealkylation sites (N-methyl/N-ethyl adjacent to an activating group) is 1. The third-order valence-corrected chi connectivity index (χ3v) is 4.43. The van der Waals surface area contributed by atoms with Gasteiger partial charge in [0, 0.05) is 19.2 Å². The quantitative estimate of drug-likeness (QED) is 0.480. The standard InChI is InChI=1S/C16H29NO3/c1-17-15-4-3-5-16(17)13-14(12-15)6-7-19-10-11-20-9-8-18-2/h12,15-16H,3-11,13H2,1-2H3. The van der Waals surface area contributed by atoms with Gasteiger partial charge in [-0.2, -0.15) is 0 Å².